The second-order valence-electron chi connectivity index (χ2n) is 1.08. The highest BCUT2D eigenvalue weighted by atomic mass is 19.4. The van der Waals surface area contributed by atoms with Crippen LogP contribution >= 0.6 is 0 Å². The van der Waals surface area contributed by atoms with Crippen molar-refractivity contribution in [3.63, 3.8) is 0 Å². The van der Waals surface area contributed by atoms with Gasteiger partial charge in [0.2, 0.25) is 6.08 Å². The lowest BCUT2D eigenvalue weighted by atomic mass is 9.93. The average molecular weight is 131 g/mol. The molecule has 0 atom stereocenters. The highest BCUT2D eigenvalue weighted by Crippen LogP contribution is 2.13. The first-order chi connectivity index (χ1) is 3.42. The summed E-state index contributed by atoms with van der Waals surface area (Å²) in [7, 11) is 0. The zero-order valence-electron chi connectivity index (χ0n) is 3.54. The molecular formula is C2HBF5-. The van der Waals surface area contributed by atoms with Crippen LogP contribution in [0.3, 0.4) is 0 Å². The molecule has 48 valence electrons. The molecule has 0 aromatic carbocycles. The van der Waals surface area contributed by atoms with Crippen LogP contribution in [0.1, 0.15) is 0 Å². The lowest BCUT2D eigenvalue weighted by Gasteiger charge is -2.03. The molecule has 0 amide bonds. The smallest absolute Gasteiger partial charge is 0.445 e. The summed E-state index contributed by atoms with van der Waals surface area (Å²) in [6.45, 7) is -5.45. The van der Waals surface area contributed by atoms with E-state index in [0.717, 1.165) is 0 Å². The van der Waals surface area contributed by atoms with Crippen molar-refractivity contribution in [2.75, 3.05) is 0 Å². The van der Waals surface area contributed by atoms with Crippen molar-refractivity contribution in [1.82, 2.24) is 0 Å². The first-order valence-electron chi connectivity index (χ1n) is 1.65. The fraction of sp³-hybridized carbons (Fsp3) is 0. The maximum Gasteiger partial charge on any atom is 0.507 e. The molecule has 0 spiro atoms. The quantitative estimate of drug-likeness (QED) is 0.377. The van der Waals surface area contributed by atoms with Crippen molar-refractivity contribution in [1.29, 1.82) is 0 Å². The number of hydrogen-bond acceptors (Lipinski definition) is 0. The van der Waals surface area contributed by atoms with Gasteiger partial charge < -0.3 is 12.9 Å². The van der Waals surface area contributed by atoms with Gasteiger partial charge in [0, 0.05) is 0 Å². The highest BCUT2D eigenvalue weighted by molar-refractivity contribution is 6.64. The van der Waals surface area contributed by atoms with Gasteiger partial charge in [-0.3, -0.25) is 0 Å². The summed E-state index contributed by atoms with van der Waals surface area (Å²) in [5, 5.41) is 0. The van der Waals surface area contributed by atoms with Gasteiger partial charge in [0.05, 0.1) is 0 Å². The molecule has 0 unspecified atom stereocenters. The van der Waals surface area contributed by atoms with Gasteiger partial charge in [0.1, 0.15) is 0 Å². The Morgan fingerprint density at radius 2 is 1.50 bits per heavy atom. The van der Waals surface area contributed by atoms with Crippen LogP contribution in [0.15, 0.2) is 12.1 Å². The van der Waals surface area contributed by atoms with E-state index in [-0.39, 0.29) is 0 Å². The number of rotatable bonds is 1. The summed E-state index contributed by atoms with van der Waals surface area (Å²) in [6, 6.07) is 0. The lowest BCUT2D eigenvalue weighted by molar-refractivity contribution is 0.413. The van der Waals surface area contributed by atoms with Gasteiger partial charge in [-0.2, -0.15) is 8.78 Å². The molecule has 0 saturated carbocycles. The third-order valence-corrected chi connectivity index (χ3v) is 0.315. The second-order valence-corrected chi connectivity index (χ2v) is 1.08. The minimum absolute atomic E-state index is 1.000. The van der Waals surface area contributed by atoms with E-state index >= 15 is 0 Å². The van der Waals surface area contributed by atoms with E-state index in [0.29, 0.717) is 0 Å². The third-order valence-electron chi connectivity index (χ3n) is 0.315. The number of halogens is 5. The Hall–Kier alpha value is -0.545. The lowest BCUT2D eigenvalue weighted by Crippen LogP contribution is -2.10. The summed E-state index contributed by atoms with van der Waals surface area (Å²) < 4.78 is 53.8. The molecule has 0 fully saturated rings. The van der Waals surface area contributed by atoms with Crippen LogP contribution < -0.4 is 0 Å². The number of hydrogen-bond donors (Lipinski definition) is 0. The largest absolute Gasteiger partial charge is 0.507 e. The fourth-order valence-corrected chi connectivity index (χ4v) is 0.143. The molecule has 0 aliphatic carbocycles. The summed E-state index contributed by atoms with van der Waals surface area (Å²) >= 11 is 0. The summed E-state index contributed by atoms with van der Waals surface area (Å²) in [4.78, 5) is 0. The zero-order valence-corrected chi connectivity index (χ0v) is 3.54. The van der Waals surface area contributed by atoms with Crippen LogP contribution in [0.5, 0.6) is 0 Å². The Morgan fingerprint density at radius 3 is 1.50 bits per heavy atom. The molecule has 0 nitrogen and oxygen atoms in total. The predicted octanol–water partition coefficient (Wildman–Crippen LogP) is 2.15. The fourth-order valence-electron chi connectivity index (χ4n) is 0.143. The Morgan fingerprint density at radius 1 is 1.12 bits per heavy atom. The van der Waals surface area contributed by atoms with Crippen molar-refractivity contribution in [3.05, 3.63) is 12.1 Å². The molecule has 0 heterocycles. The van der Waals surface area contributed by atoms with Gasteiger partial charge in [-0.1, -0.05) is 5.98 Å². The SMILES string of the molecule is FC(F)=C[B-](F)(F)F. The van der Waals surface area contributed by atoms with E-state index in [1.807, 2.05) is 0 Å². The van der Waals surface area contributed by atoms with Crippen molar-refractivity contribution < 1.29 is 21.7 Å². The van der Waals surface area contributed by atoms with Crippen LogP contribution in [-0.4, -0.2) is 6.98 Å². The van der Waals surface area contributed by atoms with E-state index in [2.05, 4.69) is 0 Å². The molecule has 0 aliphatic rings. The average Bonchev–Trinajstić information content (AvgIpc) is 1.21. The molecule has 0 radical (unpaired) electrons. The van der Waals surface area contributed by atoms with Crippen molar-refractivity contribution >= 4 is 6.98 Å². The minimum Gasteiger partial charge on any atom is -0.445 e. The van der Waals surface area contributed by atoms with E-state index in [1.165, 1.54) is 0 Å². The Bertz CT molecular complexity index is 97.5. The predicted molar refractivity (Wildman–Crippen MR) is 19.4 cm³/mol. The Kier molecular flexibility index (Phi) is 2.00. The summed E-state index contributed by atoms with van der Waals surface area (Å²) in [6.07, 6.45) is -2.70. The van der Waals surface area contributed by atoms with Gasteiger partial charge in [-0.15, -0.1) is 0 Å². The van der Waals surface area contributed by atoms with Crippen LogP contribution in [-0.2, 0) is 0 Å². The standard InChI is InChI=1S/C2HBF5/c4-2(5)1-3(6,7)8/h1H/q-1. The van der Waals surface area contributed by atoms with E-state index in [9.17, 15) is 21.7 Å². The molecular weight excluding hydrogens is 130 g/mol. The van der Waals surface area contributed by atoms with Crippen molar-refractivity contribution in [2.45, 2.75) is 0 Å². The maximum absolute atomic E-state index is 10.8. The van der Waals surface area contributed by atoms with Crippen LogP contribution in [0.25, 0.3) is 0 Å². The monoisotopic (exact) mass is 131 g/mol. The van der Waals surface area contributed by atoms with Gasteiger partial charge >= 0.3 is 6.98 Å². The molecule has 0 aromatic rings. The molecule has 0 N–H and O–H groups in total. The third kappa shape index (κ3) is 5.45. The second kappa shape index (κ2) is 2.15. The topological polar surface area (TPSA) is 0 Å². The van der Waals surface area contributed by atoms with Crippen molar-refractivity contribution in [3.8, 4) is 0 Å². The maximum atomic E-state index is 10.8. The molecule has 0 aliphatic heterocycles. The van der Waals surface area contributed by atoms with Crippen LogP contribution in [0, 0.1) is 0 Å². The van der Waals surface area contributed by atoms with Crippen LogP contribution in [0.4, 0.5) is 21.7 Å². The zero-order chi connectivity index (χ0) is 6.78. The summed E-state index contributed by atoms with van der Waals surface area (Å²) in [5.41, 5.74) is 0. The normalized spacial score (nSPS) is 11.1. The molecule has 0 rings (SSSR count). The van der Waals surface area contributed by atoms with Gasteiger partial charge in [0.25, 0.3) is 0 Å². The Labute approximate surface area is 42.0 Å². The van der Waals surface area contributed by atoms with Gasteiger partial charge in [-0.05, 0) is 0 Å². The minimum atomic E-state index is -5.45. The summed E-state index contributed by atoms with van der Waals surface area (Å²) in [5.74, 6) is -1.000. The highest BCUT2D eigenvalue weighted by Gasteiger charge is 2.20. The molecule has 0 aromatic heterocycles. The Balaban J connectivity index is 3.89. The molecule has 0 bridgehead atoms. The van der Waals surface area contributed by atoms with Gasteiger partial charge in [0.15, 0.2) is 0 Å². The van der Waals surface area contributed by atoms with E-state index in [4.69, 9.17) is 0 Å². The van der Waals surface area contributed by atoms with Crippen molar-refractivity contribution in [2.24, 2.45) is 0 Å². The molecule has 6 heteroatoms. The van der Waals surface area contributed by atoms with Crippen LogP contribution in [0.2, 0.25) is 0 Å². The van der Waals surface area contributed by atoms with Gasteiger partial charge in [-0.25, -0.2) is 0 Å². The molecule has 8 heavy (non-hydrogen) atoms. The first-order valence-corrected chi connectivity index (χ1v) is 1.65. The first kappa shape index (κ1) is 7.45. The van der Waals surface area contributed by atoms with E-state index < -0.39 is 19.0 Å². The van der Waals surface area contributed by atoms with E-state index in [1.54, 1.807) is 0 Å². The molecule has 0 saturated heterocycles.